The Bertz CT molecular complexity index is 279. The van der Waals surface area contributed by atoms with E-state index in [1.807, 2.05) is 0 Å². The van der Waals surface area contributed by atoms with Crippen LogP contribution in [0.15, 0.2) is 23.3 Å². The fourth-order valence-electron chi connectivity index (χ4n) is 2.52. The molecule has 0 aromatic carbocycles. The van der Waals surface area contributed by atoms with Crippen LogP contribution in [0.1, 0.15) is 40.5 Å². The van der Waals surface area contributed by atoms with Gasteiger partial charge in [-0.25, -0.2) is 0 Å². The Morgan fingerprint density at radius 1 is 0.944 bits per heavy atom. The highest BCUT2D eigenvalue weighted by Crippen LogP contribution is 2.05. The van der Waals surface area contributed by atoms with Gasteiger partial charge in [0.15, 0.2) is 0 Å². The lowest BCUT2D eigenvalue weighted by molar-refractivity contribution is -1.01. The summed E-state index contributed by atoms with van der Waals surface area (Å²) in [6.45, 7) is 16.9. The van der Waals surface area contributed by atoms with Crippen molar-refractivity contribution in [2.75, 3.05) is 39.3 Å². The highest BCUT2D eigenvalue weighted by atomic mass is 15.2. The molecule has 1 heterocycles. The molecule has 0 amide bonds. The average molecular weight is 252 g/mol. The highest BCUT2D eigenvalue weighted by molar-refractivity contribution is 5.01. The Labute approximate surface area is 113 Å². The number of hydrogen-bond donors (Lipinski definition) is 2. The lowest BCUT2D eigenvalue weighted by atomic mass is 10.1. The molecular weight excluding hydrogens is 220 g/mol. The fourth-order valence-corrected chi connectivity index (χ4v) is 2.52. The van der Waals surface area contributed by atoms with E-state index in [4.69, 9.17) is 0 Å². The molecule has 0 spiro atoms. The van der Waals surface area contributed by atoms with Crippen molar-refractivity contribution in [1.29, 1.82) is 0 Å². The summed E-state index contributed by atoms with van der Waals surface area (Å²) in [4.78, 5) is 3.55. The number of hydrogen-bond acceptors (Lipinski definition) is 0. The molecule has 0 aromatic rings. The Morgan fingerprint density at radius 3 is 2.11 bits per heavy atom. The topological polar surface area (TPSA) is 8.88 Å². The van der Waals surface area contributed by atoms with Crippen LogP contribution in [-0.4, -0.2) is 39.3 Å². The van der Waals surface area contributed by atoms with E-state index in [-0.39, 0.29) is 0 Å². The lowest BCUT2D eigenvalue weighted by Crippen LogP contribution is -3.27. The molecule has 1 aliphatic heterocycles. The molecule has 0 unspecified atom stereocenters. The molecule has 0 bridgehead atoms. The second-order valence-electron chi connectivity index (χ2n) is 5.93. The molecule has 1 aliphatic rings. The van der Waals surface area contributed by atoms with Crippen LogP contribution in [0, 0.1) is 0 Å². The summed E-state index contributed by atoms with van der Waals surface area (Å²) in [5, 5.41) is 0. The zero-order valence-corrected chi connectivity index (χ0v) is 12.8. The molecule has 2 N–H and O–H groups in total. The number of quaternary nitrogens is 2. The summed E-state index contributed by atoms with van der Waals surface area (Å²) in [7, 11) is 0. The van der Waals surface area contributed by atoms with Crippen molar-refractivity contribution in [1.82, 2.24) is 0 Å². The van der Waals surface area contributed by atoms with Crippen molar-refractivity contribution >= 4 is 0 Å². The fraction of sp³-hybridized carbons (Fsp3) is 0.750. The van der Waals surface area contributed by atoms with E-state index in [1.54, 1.807) is 15.4 Å². The second kappa shape index (κ2) is 8.49. The molecule has 0 radical (unpaired) electrons. The van der Waals surface area contributed by atoms with E-state index in [0.717, 1.165) is 0 Å². The average Bonchev–Trinajstić information content (AvgIpc) is 2.36. The minimum atomic E-state index is 1.20. The van der Waals surface area contributed by atoms with Gasteiger partial charge in [0.1, 0.15) is 26.2 Å². The van der Waals surface area contributed by atoms with Gasteiger partial charge in [-0.05, 0) is 46.6 Å². The van der Waals surface area contributed by atoms with Gasteiger partial charge in [-0.3, -0.25) is 0 Å². The van der Waals surface area contributed by atoms with Gasteiger partial charge in [-0.2, -0.15) is 0 Å². The van der Waals surface area contributed by atoms with E-state index < -0.39 is 0 Å². The van der Waals surface area contributed by atoms with Crippen molar-refractivity contribution in [3.63, 3.8) is 0 Å². The van der Waals surface area contributed by atoms with Gasteiger partial charge in [0.2, 0.25) is 0 Å². The quantitative estimate of drug-likeness (QED) is 0.637. The Balaban J connectivity index is 2.21. The first-order valence-electron chi connectivity index (χ1n) is 7.58. The van der Waals surface area contributed by atoms with Gasteiger partial charge in [0.05, 0.1) is 13.1 Å². The summed E-state index contributed by atoms with van der Waals surface area (Å²) in [6.07, 6.45) is 7.23. The van der Waals surface area contributed by atoms with Crippen LogP contribution in [0.2, 0.25) is 0 Å². The molecule has 0 saturated carbocycles. The van der Waals surface area contributed by atoms with E-state index in [0.29, 0.717) is 0 Å². The molecule has 104 valence electrons. The standard InChI is InChI=1S/C16H30N2/c1-5-17-11-13-18(14-12-17)10-9-16(4)8-6-7-15(2)3/h7,9H,5-6,8,10-14H2,1-4H3/p+2/b16-9-. The predicted octanol–water partition coefficient (Wildman–Crippen LogP) is 0.482. The normalized spacial score (nSPS) is 25.0. The zero-order chi connectivity index (χ0) is 13.4. The maximum atomic E-state index is 2.46. The van der Waals surface area contributed by atoms with Crippen LogP contribution in [0.3, 0.4) is 0 Å². The smallest absolute Gasteiger partial charge is 0.127 e. The third-order valence-corrected chi connectivity index (χ3v) is 3.99. The zero-order valence-electron chi connectivity index (χ0n) is 12.8. The predicted molar refractivity (Wildman–Crippen MR) is 79.2 cm³/mol. The lowest BCUT2D eigenvalue weighted by Gasteiger charge is -2.28. The van der Waals surface area contributed by atoms with Crippen molar-refractivity contribution < 1.29 is 9.80 Å². The highest BCUT2D eigenvalue weighted by Gasteiger charge is 2.20. The van der Waals surface area contributed by atoms with Gasteiger partial charge in [0.25, 0.3) is 0 Å². The number of rotatable bonds is 6. The van der Waals surface area contributed by atoms with E-state index in [2.05, 4.69) is 39.8 Å². The van der Waals surface area contributed by atoms with Gasteiger partial charge < -0.3 is 9.80 Å². The Hall–Kier alpha value is -0.600. The summed E-state index contributed by atoms with van der Waals surface area (Å²) < 4.78 is 0. The molecule has 2 heteroatoms. The minimum Gasteiger partial charge on any atom is -0.326 e. The SMILES string of the molecule is CC[NH+]1CC[NH+](C/C=C(/C)CCC=C(C)C)CC1. The van der Waals surface area contributed by atoms with Crippen molar-refractivity contribution in [3.05, 3.63) is 23.3 Å². The first kappa shape index (κ1) is 15.5. The number of allylic oxidation sites excluding steroid dienone is 3. The van der Waals surface area contributed by atoms with Crippen LogP contribution >= 0.6 is 0 Å². The molecule has 0 atom stereocenters. The maximum absolute atomic E-state index is 2.46. The van der Waals surface area contributed by atoms with Gasteiger partial charge >= 0.3 is 0 Å². The molecule has 2 nitrogen and oxygen atoms in total. The molecule has 1 saturated heterocycles. The van der Waals surface area contributed by atoms with Crippen molar-refractivity contribution in [3.8, 4) is 0 Å². The first-order chi connectivity index (χ1) is 8.61. The summed E-state index contributed by atoms with van der Waals surface area (Å²) in [6, 6.07) is 0. The largest absolute Gasteiger partial charge is 0.326 e. The second-order valence-corrected chi connectivity index (χ2v) is 5.93. The number of piperazine rings is 1. The van der Waals surface area contributed by atoms with Crippen LogP contribution < -0.4 is 9.80 Å². The molecule has 1 fully saturated rings. The summed E-state index contributed by atoms with van der Waals surface area (Å²) >= 11 is 0. The third-order valence-electron chi connectivity index (χ3n) is 3.99. The van der Waals surface area contributed by atoms with Crippen molar-refractivity contribution in [2.45, 2.75) is 40.5 Å². The monoisotopic (exact) mass is 252 g/mol. The summed E-state index contributed by atoms with van der Waals surface area (Å²) in [5.41, 5.74) is 3.00. The van der Waals surface area contributed by atoms with E-state index in [1.165, 1.54) is 57.7 Å². The Morgan fingerprint density at radius 2 is 1.56 bits per heavy atom. The van der Waals surface area contributed by atoms with Gasteiger partial charge in [0, 0.05) is 0 Å². The maximum Gasteiger partial charge on any atom is 0.127 e. The molecule has 0 aromatic heterocycles. The molecule has 0 aliphatic carbocycles. The van der Waals surface area contributed by atoms with Crippen LogP contribution in [0.4, 0.5) is 0 Å². The van der Waals surface area contributed by atoms with Crippen LogP contribution in [-0.2, 0) is 0 Å². The van der Waals surface area contributed by atoms with Gasteiger partial charge in [-0.1, -0.05) is 17.2 Å². The molecule has 1 rings (SSSR count). The van der Waals surface area contributed by atoms with Gasteiger partial charge in [-0.15, -0.1) is 0 Å². The van der Waals surface area contributed by atoms with Crippen LogP contribution in [0.25, 0.3) is 0 Å². The minimum absolute atomic E-state index is 1.20. The third kappa shape index (κ3) is 6.36. The number of nitrogens with one attached hydrogen (secondary N) is 2. The van der Waals surface area contributed by atoms with E-state index >= 15 is 0 Å². The number of likely N-dealkylation sites (N-methyl/N-ethyl adjacent to an activating group) is 1. The van der Waals surface area contributed by atoms with Crippen molar-refractivity contribution in [2.24, 2.45) is 0 Å². The molecule has 18 heavy (non-hydrogen) atoms. The van der Waals surface area contributed by atoms with E-state index in [9.17, 15) is 0 Å². The Kier molecular flexibility index (Phi) is 7.29. The first-order valence-corrected chi connectivity index (χ1v) is 7.58. The molecular formula is C16H32N2+2. The summed E-state index contributed by atoms with van der Waals surface area (Å²) in [5.74, 6) is 0. The van der Waals surface area contributed by atoms with Crippen LogP contribution in [0.5, 0.6) is 0 Å².